The summed E-state index contributed by atoms with van der Waals surface area (Å²) in [7, 11) is 0. The Balaban J connectivity index is 1.37. The van der Waals surface area contributed by atoms with E-state index < -0.39 is 5.97 Å². The molecule has 8 nitrogen and oxygen atoms in total. The van der Waals surface area contributed by atoms with Gasteiger partial charge in [-0.2, -0.15) is 5.10 Å². The number of hydrogen-bond acceptors (Lipinski definition) is 5. The second-order valence-corrected chi connectivity index (χ2v) is 10.9. The van der Waals surface area contributed by atoms with Gasteiger partial charge in [0.25, 0.3) is 0 Å². The van der Waals surface area contributed by atoms with Crippen molar-refractivity contribution in [3.8, 4) is 5.69 Å². The Bertz CT molecular complexity index is 1960. The summed E-state index contributed by atoms with van der Waals surface area (Å²) in [6, 6.07) is 28.7. The Kier molecular flexibility index (Phi) is 8.45. The average Bonchev–Trinajstić information content (AvgIpc) is 3.49. The summed E-state index contributed by atoms with van der Waals surface area (Å²) < 4.78 is 6.96. The Hall–Kier alpha value is -4.92. The third-order valence-corrected chi connectivity index (χ3v) is 7.61. The van der Waals surface area contributed by atoms with Crippen molar-refractivity contribution in [1.82, 2.24) is 14.8 Å². The Morgan fingerprint density at radius 2 is 1.61 bits per heavy atom. The summed E-state index contributed by atoms with van der Waals surface area (Å²) in [6.07, 6.45) is 2.38. The van der Waals surface area contributed by atoms with Crippen molar-refractivity contribution in [3.63, 3.8) is 0 Å². The van der Waals surface area contributed by atoms with E-state index in [0.29, 0.717) is 38.9 Å². The fourth-order valence-electron chi connectivity index (χ4n) is 4.97. The highest BCUT2D eigenvalue weighted by Crippen LogP contribution is 2.29. The van der Waals surface area contributed by atoms with Crippen LogP contribution in [-0.2, 0) is 11.2 Å². The molecular formula is C34H27Cl2N5O3. The molecule has 0 aliphatic rings. The summed E-state index contributed by atoms with van der Waals surface area (Å²) >= 11 is 12.4. The summed E-state index contributed by atoms with van der Waals surface area (Å²) in [6.45, 7) is 2.31. The molecule has 10 heteroatoms. The van der Waals surface area contributed by atoms with Gasteiger partial charge in [-0.3, -0.25) is 9.88 Å². The van der Waals surface area contributed by atoms with Crippen molar-refractivity contribution in [3.05, 3.63) is 125 Å². The molecule has 2 aromatic heterocycles. The molecule has 2 amide bonds. The minimum atomic E-state index is -0.423. The quantitative estimate of drug-likeness (QED) is 0.172. The van der Waals surface area contributed by atoms with Crippen molar-refractivity contribution in [1.29, 1.82) is 0 Å². The number of carbonyl (C=O) groups excluding carboxylic acids is 2. The lowest BCUT2D eigenvalue weighted by molar-refractivity contribution is 0.0526. The van der Waals surface area contributed by atoms with Gasteiger partial charge in [-0.15, -0.1) is 0 Å². The largest absolute Gasteiger partial charge is 0.462 e. The number of fused-ring (bicyclic) bond motifs is 3. The summed E-state index contributed by atoms with van der Waals surface area (Å²) in [5, 5.41) is 10.8. The molecule has 6 aromatic rings. The highest BCUT2D eigenvalue weighted by molar-refractivity contribution is 6.31. The van der Waals surface area contributed by atoms with Crippen LogP contribution in [0, 0.1) is 0 Å². The van der Waals surface area contributed by atoms with Crippen molar-refractivity contribution in [2.45, 2.75) is 13.3 Å². The molecular weight excluding hydrogens is 597 g/mol. The maximum absolute atomic E-state index is 13.7. The number of benzene rings is 4. The van der Waals surface area contributed by atoms with Crippen LogP contribution < -0.4 is 10.2 Å². The van der Waals surface area contributed by atoms with Crippen LogP contribution in [0.1, 0.15) is 23.0 Å². The Morgan fingerprint density at radius 1 is 0.886 bits per heavy atom. The second-order valence-electron chi connectivity index (χ2n) is 10.00. The van der Waals surface area contributed by atoms with E-state index in [1.165, 1.54) is 0 Å². The van der Waals surface area contributed by atoms with Gasteiger partial charge in [0.2, 0.25) is 0 Å². The first-order valence-electron chi connectivity index (χ1n) is 14.0. The van der Waals surface area contributed by atoms with E-state index in [0.717, 1.165) is 27.7 Å². The fourth-order valence-corrected chi connectivity index (χ4v) is 5.26. The van der Waals surface area contributed by atoms with Gasteiger partial charge >= 0.3 is 12.0 Å². The number of pyridine rings is 1. The number of hydrogen-bond donors (Lipinski definition) is 1. The van der Waals surface area contributed by atoms with Crippen molar-refractivity contribution in [2.75, 3.05) is 23.4 Å². The zero-order chi connectivity index (χ0) is 30.6. The molecule has 0 unspecified atom stereocenters. The number of aromatic nitrogens is 3. The van der Waals surface area contributed by atoms with Gasteiger partial charge in [-0.25, -0.2) is 14.3 Å². The van der Waals surface area contributed by atoms with Crippen LogP contribution in [0.2, 0.25) is 10.0 Å². The monoisotopic (exact) mass is 623 g/mol. The van der Waals surface area contributed by atoms with Gasteiger partial charge in [0.1, 0.15) is 5.52 Å². The molecule has 0 saturated carbocycles. The minimum absolute atomic E-state index is 0.273. The maximum atomic E-state index is 13.7. The van der Waals surface area contributed by atoms with E-state index in [4.69, 9.17) is 38.0 Å². The van der Waals surface area contributed by atoms with Crippen LogP contribution in [0.15, 0.2) is 103 Å². The number of carbonyl (C=O) groups is 2. The summed E-state index contributed by atoms with van der Waals surface area (Å²) in [4.78, 5) is 32.5. The van der Waals surface area contributed by atoms with Crippen molar-refractivity contribution in [2.24, 2.45) is 0 Å². The number of rotatable bonds is 8. The number of amides is 2. The molecule has 6 rings (SSSR count). The molecule has 0 aliphatic heterocycles. The molecule has 0 bridgehead atoms. The molecule has 0 fully saturated rings. The van der Waals surface area contributed by atoms with Crippen LogP contribution >= 0.6 is 23.2 Å². The van der Waals surface area contributed by atoms with Gasteiger partial charge in [0.15, 0.2) is 0 Å². The summed E-state index contributed by atoms with van der Waals surface area (Å²) in [5.41, 5.74) is 4.79. The normalized spacial score (nSPS) is 11.1. The van der Waals surface area contributed by atoms with Gasteiger partial charge in [-0.1, -0.05) is 41.4 Å². The molecule has 220 valence electrons. The van der Waals surface area contributed by atoms with E-state index >= 15 is 0 Å². The molecule has 0 radical (unpaired) electrons. The van der Waals surface area contributed by atoms with Crippen LogP contribution in [-0.4, -0.2) is 39.9 Å². The Labute approximate surface area is 263 Å². The Morgan fingerprint density at radius 3 is 2.34 bits per heavy atom. The molecule has 44 heavy (non-hydrogen) atoms. The van der Waals surface area contributed by atoms with Gasteiger partial charge in [0.05, 0.1) is 29.1 Å². The van der Waals surface area contributed by atoms with Crippen LogP contribution in [0.25, 0.3) is 27.5 Å². The molecule has 0 aliphatic carbocycles. The zero-order valence-corrected chi connectivity index (χ0v) is 25.2. The SMILES string of the molecule is CCOC(=O)c1ccc(N(CCc2nc3cc(Cl)ccc3c3nn(-c4ccccc4)cc23)C(=O)Nc2ccc(Cl)cc2)cc1. The number of anilines is 2. The maximum Gasteiger partial charge on any atom is 0.338 e. The molecule has 0 atom stereocenters. The number of urea groups is 1. The lowest BCUT2D eigenvalue weighted by Gasteiger charge is -2.24. The highest BCUT2D eigenvalue weighted by atomic mass is 35.5. The number of para-hydroxylation sites is 1. The number of ether oxygens (including phenoxy) is 1. The third kappa shape index (κ3) is 6.22. The fraction of sp³-hybridized carbons (Fsp3) is 0.118. The summed E-state index contributed by atoms with van der Waals surface area (Å²) in [5.74, 6) is -0.423. The third-order valence-electron chi connectivity index (χ3n) is 7.12. The lowest BCUT2D eigenvalue weighted by atomic mass is 10.1. The predicted molar refractivity (Wildman–Crippen MR) is 175 cm³/mol. The molecule has 2 heterocycles. The zero-order valence-electron chi connectivity index (χ0n) is 23.7. The standard InChI is InChI=1S/C34H27Cl2N5O3/c1-2-44-33(42)22-8-15-26(16-9-22)40(34(43)37-25-13-10-23(35)11-14-25)19-18-30-29-21-41(27-6-4-3-5-7-27)39-32(29)28-17-12-24(36)20-31(28)38-30/h3-17,20-21H,2,18-19H2,1H3,(H,37,43). The van der Waals surface area contributed by atoms with E-state index in [1.54, 1.807) is 60.4 Å². The van der Waals surface area contributed by atoms with Gasteiger partial charge < -0.3 is 10.1 Å². The van der Waals surface area contributed by atoms with E-state index in [2.05, 4.69) is 5.32 Å². The van der Waals surface area contributed by atoms with Crippen molar-refractivity contribution < 1.29 is 14.3 Å². The van der Waals surface area contributed by atoms with Crippen LogP contribution in [0.3, 0.4) is 0 Å². The number of nitrogens with zero attached hydrogens (tertiary/aromatic N) is 4. The van der Waals surface area contributed by atoms with Crippen LogP contribution in [0.5, 0.6) is 0 Å². The van der Waals surface area contributed by atoms with E-state index in [9.17, 15) is 9.59 Å². The smallest absolute Gasteiger partial charge is 0.338 e. The first kappa shape index (κ1) is 29.2. The molecule has 4 aromatic carbocycles. The van der Waals surface area contributed by atoms with Gasteiger partial charge in [0, 0.05) is 51.4 Å². The number of halogens is 2. The van der Waals surface area contributed by atoms with Gasteiger partial charge in [-0.05, 0) is 85.8 Å². The molecule has 0 spiro atoms. The number of nitrogens with one attached hydrogen (secondary N) is 1. The first-order chi connectivity index (χ1) is 21.4. The first-order valence-corrected chi connectivity index (χ1v) is 14.8. The average molecular weight is 625 g/mol. The molecule has 0 saturated heterocycles. The minimum Gasteiger partial charge on any atom is -0.462 e. The van der Waals surface area contributed by atoms with E-state index in [1.807, 2.05) is 59.4 Å². The lowest BCUT2D eigenvalue weighted by Crippen LogP contribution is -2.36. The van der Waals surface area contributed by atoms with Crippen LogP contribution in [0.4, 0.5) is 16.2 Å². The highest BCUT2D eigenvalue weighted by Gasteiger charge is 2.20. The number of esters is 1. The molecule has 1 N–H and O–H groups in total. The topological polar surface area (TPSA) is 89.3 Å². The predicted octanol–water partition coefficient (Wildman–Crippen LogP) is 8.34. The van der Waals surface area contributed by atoms with E-state index in [-0.39, 0.29) is 19.2 Å². The van der Waals surface area contributed by atoms with Crippen molar-refractivity contribution >= 4 is 68.4 Å². The second kappa shape index (κ2) is 12.8.